The summed E-state index contributed by atoms with van der Waals surface area (Å²) in [7, 11) is -3.16. The molecule has 1 aromatic carbocycles. The van der Waals surface area contributed by atoms with Crippen molar-refractivity contribution in [3.8, 4) is 0 Å². The van der Waals surface area contributed by atoms with Gasteiger partial charge in [-0.2, -0.15) is 0 Å². The van der Waals surface area contributed by atoms with Gasteiger partial charge < -0.3 is 15.5 Å². The van der Waals surface area contributed by atoms with Crippen LogP contribution in [0.4, 0.5) is 11.4 Å². The number of anilines is 2. The van der Waals surface area contributed by atoms with Crippen LogP contribution in [-0.2, 0) is 10.0 Å². The van der Waals surface area contributed by atoms with Crippen molar-refractivity contribution in [3.05, 3.63) is 22.7 Å². The van der Waals surface area contributed by atoms with E-state index in [-0.39, 0.29) is 0 Å². The molecule has 5 N–H and O–H groups in total. The molecule has 0 aliphatic carbocycles. The molecule has 0 radical (unpaired) electrons. The lowest BCUT2D eigenvalue weighted by Crippen LogP contribution is -2.24. The van der Waals surface area contributed by atoms with Crippen molar-refractivity contribution in [2.24, 2.45) is 0 Å². The first kappa shape index (κ1) is 14.4. The zero-order valence-electron chi connectivity index (χ0n) is 10.9. The van der Waals surface area contributed by atoms with Gasteiger partial charge in [-0.15, -0.1) is 0 Å². The van der Waals surface area contributed by atoms with E-state index in [2.05, 4.69) is 15.0 Å². The molecule has 110 valence electrons. The maximum atomic E-state index is 11.1. The molecular formula is C11H16N4O4S. The van der Waals surface area contributed by atoms with Gasteiger partial charge in [0, 0.05) is 19.2 Å². The molecule has 0 spiro atoms. The van der Waals surface area contributed by atoms with Crippen molar-refractivity contribution >= 4 is 32.5 Å². The average Bonchev–Trinajstić information content (AvgIpc) is 2.66. The summed E-state index contributed by atoms with van der Waals surface area (Å²) in [5.74, 6) is -0.533. The molecule has 1 heterocycles. The Labute approximate surface area is 115 Å². The largest absolute Gasteiger partial charge is 0.417 e. The molecular weight excluding hydrogens is 284 g/mol. The predicted molar refractivity (Wildman–Crippen MR) is 77.2 cm³/mol. The summed E-state index contributed by atoms with van der Waals surface area (Å²) < 4.78 is 29.0. The van der Waals surface area contributed by atoms with Crippen LogP contribution in [-0.4, -0.2) is 32.7 Å². The van der Waals surface area contributed by atoms with Crippen LogP contribution < -0.4 is 21.5 Å². The van der Waals surface area contributed by atoms with Gasteiger partial charge in [0.05, 0.1) is 23.1 Å². The Balaban J connectivity index is 1.96. The number of fused-ring (bicyclic) bond motifs is 1. The van der Waals surface area contributed by atoms with Gasteiger partial charge in [-0.05, 0) is 12.5 Å². The van der Waals surface area contributed by atoms with E-state index in [9.17, 15) is 13.2 Å². The van der Waals surface area contributed by atoms with Crippen LogP contribution in [0.5, 0.6) is 0 Å². The number of oxazole rings is 1. The maximum Gasteiger partial charge on any atom is 0.417 e. The number of H-pyrrole nitrogens is 1. The summed E-state index contributed by atoms with van der Waals surface area (Å²) in [4.78, 5) is 13.6. The Morgan fingerprint density at radius 1 is 1.35 bits per heavy atom. The first-order valence-corrected chi connectivity index (χ1v) is 7.85. The number of nitrogens with one attached hydrogen (secondary N) is 3. The highest BCUT2D eigenvalue weighted by Crippen LogP contribution is 2.24. The van der Waals surface area contributed by atoms with Crippen molar-refractivity contribution < 1.29 is 12.8 Å². The van der Waals surface area contributed by atoms with Crippen molar-refractivity contribution in [3.63, 3.8) is 0 Å². The second-order valence-electron chi connectivity index (χ2n) is 4.40. The molecule has 20 heavy (non-hydrogen) atoms. The van der Waals surface area contributed by atoms with Gasteiger partial charge in [0.2, 0.25) is 10.0 Å². The number of hydrogen-bond acceptors (Lipinski definition) is 6. The van der Waals surface area contributed by atoms with Gasteiger partial charge >= 0.3 is 5.76 Å². The van der Waals surface area contributed by atoms with Crippen molar-refractivity contribution in [1.82, 2.24) is 9.71 Å². The van der Waals surface area contributed by atoms with Gasteiger partial charge in [-0.1, -0.05) is 0 Å². The molecule has 0 aliphatic heterocycles. The smallest absolute Gasteiger partial charge is 0.408 e. The highest BCUT2D eigenvalue weighted by Gasteiger charge is 2.06. The number of benzene rings is 1. The third-order valence-corrected chi connectivity index (χ3v) is 3.35. The molecule has 1 aromatic heterocycles. The van der Waals surface area contributed by atoms with Crippen LogP contribution in [0, 0.1) is 0 Å². The van der Waals surface area contributed by atoms with Crippen LogP contribution >= 0.6 is 0 Å². The van der Waals surface area contributed by atoms with Crippen LogP contribution in [0.2, 0.25) is 0 Å². The number of sulfonamides is 1. The summed E-state index contributed by atoms with van der Waals surface area (Å²) in [5.41, 5.74) is 7.90. The predicted octanol–water partition coefficient (Wildman–Crippen LogP) is 0.0545. The Bertz CT molecular complexity index is 762. The molecule has 8 nitrogen and oxygen atoms in total. The number of aromatic amines is 1. The molecule has 9 heteroatoms. The number of nitrogens with two attached hydrogens (primary N) is 1. The van der Waals surface area contributed by atoms with E-state index in [4.69, 9.17) is 10.2 Å². The molecule has 0 unspecified atom stereocenters. The molecule has 0 aliphatic rings. The lowest BCUT2D eigenvalue weighted by atomic mass is 10.2. The molecule has 0 bridgehead atoms. The van der Waals surface area contributed by atoms with Crippen LogP contribution in [0.1, 0.15) is 6.42 Å². The van der Waals surface area contributed by atoms with E-state index in [0.717, 1.165) is 6.26 Å². The topological polar surface area (TPSA) is 130 Å². The third-order valence-electron chi connectivity index (χ3n) is 2.62. The zero-order valence-corrected chi connectivity index (χ0v) is 11.7. The fraction of sp³-hybridized carbons (Fsp3) is 0.364. The molecule has 0 atom stereocenters. The zero-order chi connectivity index (χ0) is 14.8. The summed E-state index contributed by atoms with van der Waals surface area (Å²) in [6.07, 6.45) is 1.72. The van der Waals surface area contributed by atoms with Crippen molar-refractivity contribution in [2.45, 2.75) is 6.42 Å². The summed E-state index contributed by atoms with van der Waals surface area (Å²) in [6, 6.07) is 3.24. The normalized spacial score (nSPS) is 11.8. The van der Waals surface area contributed by atoms with Crippen LogP contribution in [0.15, 0.2) is 21.3 Å². The van der Waals surface area contributed by atoms with E-state index in [1.807, 2.05) is 0 Å². The second-order valence-corrected chi connectivity index (χ2v) is 6.23. The summed E-state index contributed by atoms with van der Waals surface area (Å²) >= 11 is 0. The van der Waals surface area contributed by atoms with E-state index < -0.39 is 15.8 Å². The second kappa shape index (κ2) is 5.55. The highest BCUT2D eigenvalue weighted by atomic mass is 32.2. The number of nitrogen functional groups attached to an aromatic ring is 1. The molecule has 0 fully saturated rings. The van der Waals surface area contributed by atoms with Gasteiger partial charge in [0.15, 0.2) is 5.58 Å². The minimum atomic E-state index is -3.16. The highest BCUT2D eigenvalue weighted by molar-refractivity contribution is 7.88. The Morgan fingerprint density at radius 2 is 2.10 bits per heavy atom. The first-order valence-electron chi connectivity index (χ1n) is 5.96. The molecule has 0 saturated heterocycles. The monoisotopic (exact) mass is 300 g/mol. The number of aromatic nitrogens is 1. The number of hydrogen-bond donors (Lipinski definition) is 4. The molecule has 2 rings (SSSR count). The Hall–Kier alpha value is -2.00. The van der Waals surface area contributed by atoms with Gasteiger partial charge in [0.1, 0.15) is 0 Å². The van der Waals surface area contributed by atoms with Crippen LogP contribution in [0.25, 0.3) is 11.1 Å². The molecule has 2 aromatic rings. The molecule has 0 amide bonds. The minimum absolute atomic E-state index is 0.344. The number of rotatable bonds is 6. The molecule has 0 saturated carbocycles. The van der Waals surface area contributed by atoms with E-state index >= 15 is 0 Å². The fourth-order valence-corrected chi connectivity index (χ4v) is 2.25. The van der Waals surface area contributed by atoms with Crippen molar-refractivity contribution in [2.75, 3.05) is 30.4 Å². The van der Waals surface area contributed by atoms with E-state index in [0.29, 0.717) is 42.0 Å². The van der Waals surface area contributed by atoms with Crippen molar-refractivity contribution in [1.29, 1.82) is 0 Å². The Kier molecular flexibility index (Phi) is 4.00. The standard InChI is InChI=1S/C11H16N4O4S/c1-20(17,18)14-4-2-3-13-8-6-9-10(5-7(8)12)19-11(16)15-9/h5-6,13-14H,2-4,12H2,1H3,(H,15,16). The van der Waals surface area contributed by atoms with Gasteiger partial charge in [0.25, 0.3) is 0 Å². The van der Waals surface area contributed by atoms with E-state index in [1.165, 1.54) is 0 Å². The quantitative estimate of drug-likeness (QED) is 0.440. The summed E-state index contributed by atoms with van der Waals surface area (Å²) in [6.45, 7) is 0.886. The average molecular weight is 300 g/mol. The van der Waals surface area contributed by atoms with E-state index in [1.54, 1.807) is 12.1 Å². The van der Waals surface area contributed by atoms with Gasteiger partial charge in [-0.3, -0.25) is 4.98 Å². The Morgan fingerprint density at radius 3 is 2.80 bits per heavy atom. The summed E-state index contributed by atoms with van der Waals surface area (Å²) in [5, 5.41) is 3.08. The lowest BCUT2D eigenvalue weighted by Gasteiger charge is -2.09. The SMILES string of the molecule is CS(=O)(=O)NCCCNc1cc2[nH]c(=O)oc2cc1N. The maximum absolute atomic E-state index is 11.1. The minimum Gasteiger partial charge on any atom is -0.408 e. The van der Waals surface area contributed by atoms with Crippen LogP contribution in [0.3, 0.4) is 0 Å². The fourth-order valence-electron chi connectivity index (χ4n) is 1.74. The first-order chi connectivity index (χ1) is 9.35. The third kappa shape index (κ3) is 3.75. The van der Waals surface area contributed by atoms with Gasteiger partial charge in [-0.25, -0.2) is 17.9 Å². The lowest BCUT2D eigenvalue weighted by molar-refractivity contribution is 0.555.